The Hall–Kier alpha value is -2.40. The number of hydrogen-bond donors (Lipinski definition) is 1. The van der Waals surface area contributed by atoms with Crippen molar-refractivity contribution < 1.29 is 23.0 Å². The number of nitrogens with zero attached hydrogens (tertiary/aromatic N) is 1. The van der Waals surface area contributed by atoms with Gasteiger partial charge in [-0.05, 0) is 41.4 Å². The number of esters is 1. The van der Waals surface area contributed by atoms with E-state index < -0.39 is 23.5 Å². The third kappa shape index (κ3) is 3.12. The van der Waals surface area contributed by atoms with Gasteiger partial charge in [0, 0.05) is 6.07 Å². The highest BCUT2D eigenvalue weighted by atomic mass is 79.9. The lowest BCUT2D eigenvalue weighted by atomic mass is 9.83. The van der Waals surface area contributed by atoms with Crippen molar-refractivity contribution in [3.05, 3.63) is 56.6 Å². The van der Waals surface area contributed by atoms with Gasteiger partial charge in [0.25, 0.3) is 0 Å². The van der Waals surface area contributed by atoms with Crippen LogP contribution in [0.15, 0.2) is 39.4 Å². The summed E-state index contributed by atoms with van der Waals surface area (Å²) in [4.78, 5) is 12.3. The summed E-state index contributed by atoms with van der Waals surface area (Å²) in [6.45, 7) is 3.16. The van der Waals surface area contributed by atoms with E-state index in [0.29, 0.717) is 6.07 Å². The molecule has 1 aliphatic heterocycles. The van der Waals surface area contributed by atoms with Crippen LogP contribution in [0.3, 0.4) is 0 Å². The molecule has 0 saturated heterocycles. The third-order valence-electron chi connectivity index (χ3n) is 3.43. The van der Waals surface area contributed by atoms with E-state index in [-0.39, 0.29) is 39.4 Å². The number of ether oxygens (including phenoxy) is 2. The Morgan fingerprint density at radius 3 is 2.75 bits per heavy atom. The number of nitriles is 1. The quantitative estimate of drug-likeness (QED) is 0.622. The molecular weight excluding hydrogens is 386 g/mol. The van der Waals surface area contributed by atoms with E-state index in [2.05, 4.69) is 15.9 Å². The Morgan fingerprint density at radius 1 is 1.50 bits per heavy atom. The van der Waals surface area contributed by atoms with Crippen LogP contribution in [0, 0.1) is 23.0 Å². The number of carbonyl (C=O) groups excluding carboxylic acids is 1. The van der Waals surface area contributed by atoms with Gasteiger partial charge in [0.2, 0.25) is 5.88 Å². The smallest absolute Gasteiger partial charge is 0.338 e. The van der Waals surface area contributed by atoms with E-state index in [9.17, 15) is 18.8 Å². The molecule has 1 atom stereocenters. The van der Waals surface area contributed by atoms with Crippen LogP contribution in [0.2, 0.25) is 0 Å². The summed E-state index contributed by atoms with van der Waals surface area (Å²) in [6, 6.07) is 3.55. The Morgan fingerprint density at radius 2 is 2.17 bits per heavy atom. The standard InChI is InChI=1S/C16H13BrF2N2O3/c1-3-23-16(22)12-7(2)24-15(21)10(6-20)13(12)9-4-8(18)5-11(19)14(9)17/h4-5,13H,3,21H2,1-2H3. The summed E-state index contributed by atoms with van der Waals surface area (Å²) in [5.74, 6) is -3.71. The summed E-state index contributed by atoms with van der Waals surface area (Å²) in [6.07, 6.45) is 0. The highest BCUT2D eigenvalue weighted by molar-refractivity contribution is 9.10. The number of carbonyl (C=O) groups is 1. The van der Waals surface area contributed by atoms with Crippen LogP contribution in [0.5, 0.6) is 0 Å². The fourth-order valence-corrected chi connectivity index (χ4v) is 2.91. The Labute approximate surface area is 145 Å². The van der Waals surface area contributed by atoms with Crippen molar-refractivity contribution in [1.82, 2.24) is 0 Å². The minimum absolute atomic E-state index is 0.0340. The van der Waals surface area contributed by atoms with E-state index in [4.69, 9.17) is 15.2 Å². The first-order valence-corrected chi connectivity index (χ1v) is 7.71. The highest BCUT2D eigenvalue weighted by Gasteiger charge is 2.38. The zero-order valence-corrected chi connectivity index (χ0v) is 14.4. The zero-order valence-electron chi connectivity index (χ0n) is 12.8. The molecular formula is C16H13BrF2N2O3. The van der Waals surface area contributed by atoms with Crippen LogP contribution < -0.4 is 5.73 Å². The van der Waals surface area contributed by atoms with Crippen LogP contribution in [0.4, 0.5) is 8.78 Å². The number of rotatable bonds is 3. The minimum Gasteiger partial charge on any atom is -0.463 e. The van der Waals surface area contributed by atoms with Crippen molar-refractivity contribution in [3.63, 3.8) is 0 Å². The largest absolute Gasteiger partial charge is 0.463 e. The molecule has 2 N–H and O–H groups in total. The van der Waals surface area contributed by atoms with Crippen molar-refractivity contribution in [2.75, 3.05) is 6.61 Å². The number of benzene rings is 1. The van der Waals surface area contributed by atoms with Gasteiger partial charge in [-0.2, -0.15) is 5.26 Å². The first-order valence-electron chi connectivity index (χ1n) is 6.91. The Kier molecular flexibility index (Phi) is 5.24. The normalized spacial score (nSPS) is 17.4. The maximum Gasteiger partial charge on any atom is 0.338 e. The van der Waals surface area contributed by atoms with Crippen LogP contribution in [-0.2, 0) is 14.3 Å². The van der Waals surface area contributed by atoms with Crippen LogP contribution >= 0.6 is 15.9 Å². The van der Waals surface area contributed by atoms with Crippen molar-refractivity contribution in [2.24, 2.45) is 5.73 Å². The zero-order chi connectivity index (χ0) is 18.0. The lowest BCUT2D eigenvalue weighted by molar-refractivity contribution is -0.139. The van der Waals surface area contributed by atoms with Crippen LogP contribution in [0.1, 0.15) is 25.3 Å². The molecule has 0 spiro atoms. The number of hydrogen-bond acceptors (Lipinski definition) is 5. The molecule has 0 radical (unpaired) electrons. The van der Waals surface area contributed by atoms with Gasteiger partial charge in [-0.25, -0.2) is 13.6 Å². The van der Waals surface area contributed by atoms with Crippen LogP contribution in [0.25, 0.3) is 0 Å². The highest BCUT2D eigenvalue weighted by Crippen LogP contribution is 2.43. The minimum atomic E-state index is -1.11. The van der Waals surface area contributed by atoms with Gasteiger partial charge in [-0.15, -0.1) is 0 Å². The molecule has 0 bridgehead atoms. The monoisotopic (exact) mass is 398 g/mol. The maximum absolute atomic E-state index is 13.9. The molecule has 0 aliphatic carbocycles. The molecule has 8 heteroatoms. The number of nitrogens with two attached hydrogens (primary N) is 1. The molecule has 2 rings (SSSR count). The van der Waals surface area contributed by atoms with Crippen molar-refractivity contribution in [2.45, 2.75) is 19.8 Å². The maximum atomic E-state index is 13.9. The van der Waals surface area contributed by atoms with E-state index in [1.54, 1.807) is 6.92 Å². The second-order valence-corrected chi connectivity index (χ2v) is 5.70. The van der Waals surface area contributed by atoms with Crippen molar-refractivity contribution in [1.29, 1.82) is 5.26 Å². The lowest BCUT2D eigenvalue weighted by Crippen LogP contribution is -2.26. The molecule has 1 heterocycles. The predicted molar refractivity (Wildman–Crippen MR) is 84.0 cm³/mol. The van der Waals surface area contributed by atoms with Gasteiger partial charge in [0.1, 0.15) is 29.0 Å². The number of allylic oxidation sites excluding steroid dienone is 2. The van der Waals surface area contributed by atoms with Crippen molar-refractivity contribution in [3.8, 4) is 6.07 Å². The van der Waals surface area contributed by atoms with E-state index in [0.717, 1.165) is 6.07 Å². The molecule has 1 aliphatic rings. The average molecular weight is 399 g/mol. The molecule has 1 aromatic carbocycles. The molecule has 0 saturated carbocycles. The Bertz CT molecular complexity index is 812. The predicted octanol–water partition coefficient (Wildman–Crippen LogP) is 3.37. The number of halogens is 3. The van der Waals surface area contributed by atoms with E-state index in [1.807, 2.05) is 6.07 Å². The average Bonchev–Trinajstić information content (AvgIpc) is 2.50. The van der Waals surface area contributed by atoms with Gasteiger partial charge < -0.3 is 15.2 Å². The van der Waals surface area contributed by atoms with Gasteiger partial charge in [0.15, 0.2) is 0 Å². The lowest BCUT2D eigenvalue weighted by Gasteiger charge is -2.27. The fourth-order valence-electron chi connectivity index (χ4n) is 2.45. The van der Waals surface area contributed by atoms with E-state index in [1.165, 1.54) is 6.92 Å². The van der Waals surface area contributed by atoms with Crippen molar-refractivity contribution >= 4 is 21.9 Å². The molecule has 1 aromatic rings. The molecule has 126 valence electrons. The van der Waals surface area contributed by atoms with E-state index >= 15 is 0 Å². The second kappa shape index (κ2) is 7.01. The summed E-state index contributed by atoms with van der Waals surface area (Å²) in [5, 5.41) is 9.39. The molecule has 0 aromatic heterocycles. The van der Waals surface area contributed by atoms with Gasteiger partial charge in [-0.1, -0.05) is 0 Å². The molecule has 24 heavy (non-hydrogen) atoms. The summed E-state index contributed by atoms with van der Waals surface area (Å²) >= 11 is 3.03. The summed E-state index contributed by atoms with van der Waals surface area (Å²) < 4.78 is 37.8. The molecule has 5 nitrogen and oxygen atoms in total. The Balaban J connectivity index is 2.75. The SMILES string of the molecule is CCOC(=O)C1=C(C)OC(N)=C(C#N)C1c1cc(F)cc(F)c1Br. The first-order chi connectivity index (χ1) is 11.3. The molecule has 1 unspecified atom stereocenters. The van der Waals surface area contributed by atoms with Gasteiger partial charge in [0.05, 0.1) is 22.6 Å². The topological polar surface area (TPSA) is 85.3 Å². The van der Waals surface area contributed by atoms with Crippen LogP contribution in [-0.4, -0.2) is 12.6 Å². The third-order valence-corrected chi connectivity index (χ3v) is 4.27. The fraction of sp³-hybridized carbons (Fsp3) is 0.250. The first kappa shape index (κ1) is 17.9. The molecule has 0 fully saturated rings. The molecule has 0 amide bonds. The van der Waals surface area contributed by atoms with Gasteiger partial charge >= 0.3 is 5.97 Å². The summed E-state index contributed by atoms with van der Waals surface area (Å²) in [5.41, 5.74) is 5.59. The second-order valence-electron chi connectivity index (χ2n) is 4.91. The summed E-state index contributed by atoms with van der Waals surface area (Å²) in [7, 11) is 0. The van der Waals surface area contributed by atoms with Gasteiger partial charge in [-0.3, -0.25) is 0 Å².